The molecular formula is C14H14N2O3. The zero-order chi connectivity index (χ0) is 13.1. The Morgan fingerprint density at radius 3 is 3.00 bits per heavy atom. The SMILES string of the molecule is OC(CNc1ccc2c(c1)OCO2)c1cccnc1. The first-order valence-electron chi connectivity index (χ1n) is 6.04. The van der Waals surface area contributed by atoms with Gasteiger partial charge >= 0.3 is 0 Å². The molecule has 0 spiro atoms. The average Bonchev–Trinajstić information content (AvgIpc) is 2.93. The Balaban J connectivity index is 1.63. The van der Waals surface area contributed by atoms with Crippen LogP contribution in [0.15, 0.2) is 42.7 Å². The molecule has 2 N–H and O–H groups in total. The molecule has 5 nitrogen and oxygen atoms in total. The first-order valence-corrected chi connectivity index (χ1v) is 6.04. The van der Waals surface area contributed by atoms with E-state index >= 15 is 0 Å². The predicted molar refractivity (Wildman–Crippen MR) is 70.3 cm³/mol. The van der Waals surface area contributed by atoms with E-state index in [1.807, 2.05) is 24.3 Å². The highest BCUT2D eigenvalue weighted by atomic mass is 16.7. The fourth-order valence-corrected chi connectivity index (χ4v) is 1.91. The van der Waals surface area contributed by atoms with Gasteiger partial charge in [-0.3, -0.25) is 4.98 Å². The summed E-state index contributed by atoms with van der Waals surface area (Å²) in [5, 5.41) is 13.2. The van der Waals surface area contributed by atoms with Gasteiger partial charge in [-0.15, -0.1) is 0 Å². The van der Waals surface area contributed by atoms with E-state index in [1.54, 1.807) is 18.5 Å². The van der Waals surface area contributed by atoms with E-state index in [-0.39, 0.29) is 6.79 Å². The molecule has 1 aromatic carbocycles. The Kier molecular flexibility index (Phi) is 3.20. The van der Waals surface area contributed by atoms with E-state index in [2.05, 4.69) is 10.3 Å². The highest BCUT2D eigenvalue weighted by molar-refractivity contribution is 5.55. The topological polar surface area (TPSA) is 63.6 Å². The Morgan fingerprint density at radius 1 is 1.26 bits per heavy atom. The van der Waals surface area contributed by atoms with Crippen LogP contribution in [0, 0.1) is 0 Å². The zero-order valence-electron chi connectivity index (χ0n) is 10.2. The Hall–Kier alpha value is -2.27. The van der Waals surface area contributed by atoms with Crippen LogP contribution in [0.2, 0.25) is 0 Å². The maximum absolute atomic E-state index is 10.0. The summed E-state index contributed by atoms with van der Waals surface area (Å²) in [5.41, 5.74) is 1.67. The predicted octanol–water partition coefficient (Wildman–Crippen LogP) is 1.96. The number of aliphatic hydroxyl groups excluding tert-OH is 1. The van der Waals surface area contributed by atoms with Gasteiger partial charge in [0.25, 0.3) is 0 Å². The van der Waals surface area contributed by atoms with Crippen LogP contribution in [-0.2, 0) is 0 Å². The summed E-state index contributed by atoms with van der Waals surface area (Å²) in [6.45, 7) is 0.669. The summed E-state index contributed by atoms with van der Waals surface area (Å²) in [7, 11) is 0. The lowest BCUT2D eigenvalue weighted by molar-refractivity contribution is 0.174. The number of fused-ring (bicyclic) bond motifs is 1. The van der Waals surface area contributed by atoms with Crippen molar-refractivity contribution in [2.24, 2.45) is 0 Å². The van der Waals surface area contributed by atoms with Crippen LogP contribution in [-0.4, -0.2) is 23.4 Å². The Labute approximate surface area is 110 Å². The van der Waals surface area contributed by atoms with Gasteiger partial charge in [-0.05, 0) is 18.2 Å². The number of rotatable bonds is 4. The zero-order valence-corrected chi connectivity index (χ0v) is 10.2. The number of hydrogen-bond donors (Lipinski definition) is 2. The van der Waals surface area contributed by atoms with Crippen molar-refractivity contribution in [2.45, 2.75) is 6.10 Å². The molecule has 2 heterocycles. The van der Waals surface area contributed by atoms with Gasteiger partial charge in [-0.2, -0.15) is 0 Å². The molecule has 1 aliphatic heterocycles. The van der Waals surface area contributed by atoms with Crippen LogP contribution >= 0.6 is 0 Å². The normalized spacial score (nSPS) is 14.2. The second-order valence-electron chi connectivity index (χ2n) is 4.25. The van der Waals surface area contributed by atoms with Crippen molar-refractivity contribution < 1.29 is 14.6 Å². The smallest absolute Gasteiger partial charge is 0.231 e. The third-order valence-corrected chi connectivity index (χ3v) is 2.94. The summed E-state index contributed by atoms with van der Waals surface area (Å²) in [4.78, 5) is 3.98. The van der Waals surface area contributed by atoms with Crippen LogP contribution in [0.1, 0.15) is 11.7 Å². The summed E-state index contributed by atoms with van der Waals surface area (Å²) in [6, 6.07) is 9.25. The number of benzene rings is 1. The summed E-state index contributed by atoms with van der Waals surface area (Å²) in [6.07, 6.45) is 2.74. The van der Waals surface area contributed by atoms with Gasteiger partial charge in [0.2, 0.25) is 6.79 Å². The van der Waals surface area contributed by atoms with E-state index in [0.29, 0.717) is 6.54 Å². The largest absolute Gasteiger partial charge is 0.454 e. The van der Waals surface area contributed by atoms with Crippen molar-refractivity contribution >= 4 is 5.69 Å². The number of nitrogens with one attached hydrogen (secondary N) is 1. The molecule has 3 rings (SSSR count). The molecule has 5 heteroatoms. The van der Waals surface area contributed by atoms with Gasteiger partial charge in [0, 0.05) is 36.3 Å². The summed E-state index contributed by atoms with van der Waals surface area (Å²) in [5.74, 6) is 1.47. The molecule has 1 aromatic heterocycles. The molecule has 0 bridgehead atoms. The second-order valence-corrected chi connectivity index (χ2v) is 4.25. The summed E-state index contributed by atoms with van der Waals surface area (Å²) < 4.78 is 10.5. The lowest BCUT2D eigenvalue weighted by Crippen LogP contribution is -2.12. The molecule has 1 atom stereocenters. The van der Waals surface area contributed by atoms with E-state index in [1.165, 1.54) is 0 Å². The molecule has 0 aliphatic carbocycles. The molecule has 0 amide bonds. The van der Waals surface area contributed by atoms with Crippen LogP contribution in [0.25, 0.3) is 0 Å². The van der Waals surface area contributed by atoms with Crippen LogP contribution in [0.5, 0.6) is 11.5 Å². The minimum Gasteiger partial charge on any atom is -0.454 e. The third-order valence-electron chi connectivity index (χ3n) is 2.94. The number of ether oxygens (including phenoxy) is 2. The number of anilines is 1. The lowest BCUT2D eigenvalue weighted by Gasteiger charge is -2.13. The first kappa shape index (κ1) is 11.8. The monoisotopic (exact) mass is 258 g/mol. The van der Waals surface area contributed by atoms with Crippen molar-refractivity contribution in [1.82, 2.24) is 4.98 Å². The Bertz CT molecular complexity index is 560. The quantitative estimate of drug-likeness (QED) is 0.877. The Morgan fingerprint density at radius 2 is 2.16 bits per heavy atom. The van der Waals surface area contributed by atoms with Crippen molar-refractivity contribution in [3.05, 3.63) is 48.3 Å². The number of nitrogens with zero attached hydrogens (tertiary/aromatic N) is 1. The molecule has 1 unspecified atom stereocenters. The summed E-state index contributed by atoms with van der Waals surface area (Å²) >= 11 is 0. The van der Waals surface area contributed by atoms with Gasteiger partial charge in [0.15, 0.2) is 11.5 Å². The van der Waals surface area contributed by atoms with Crippen molar-refractivity contribution in [3.8, 4) is 11.5 Å². The van der Waals surface area contributed by atoms with E-state index < -0.39 is 6.10 Å². The number of aromatic nitrogens is 1. The molecule has 0 saturated heterocycles. The average molecular weight is 258 g/mol. The lowest BCUT2D eigenvalue weighted by atomic mass is 10.1. The van der Waals surface area contributed by atoms with Crippen molar-refractivity contribution in [3.63, 3.8) is 0 Å². The molecule has 0 fully saturated rings. The van der Waals surface area contributed by atoms with Crippen molar-refractivity contribution in [1.29, 1.82) is 0 Å². The number of aliphatic hydroxyl groups is 1. The van der Waals surface area contributed by atoms with Gasteiger partial charge in [-0.25, -0.2) is 0 Å². The van der Waals surface area contributed by atoms with E-state index in [4.69, 9.17) is 9.47 Å². The molecule has 2 aromatic rings. The highest BCUT2D eigenvalue weighted by Crippen LogP contribution is 2.34. The molecule has 19 heavy (non-hydrogen) atoms. The minimum atomic E-state index is -0.598. The van der Waals surface area contributed by atoms with Gasteiger partial charge in [0.1, 0.15) is 0 Å². The maximum atomic E-state index is 10.0. The fraction of sp³-hybridized carbons (Fsp3) is 0.214. The molecular weight excluding hydrogens is 244 g/mol. The van der Waals surface area contributed by atoms with E-state index in [9.17, 15) is 5.11 Å². The second kappa shape index (κ2) is 5.16. The fourth-order valence-electron chi connectivity index (χ4n) is 1.91. The highest BCUT2D eigenvalue weighted by Gasteiger charge is 2.13. The van der Waals surface area contributed by atoms with Crippen LogP contribution in [0.4, 0.5) is 5.69 Å². The first-order chi connectivity index (χ1) is 9.33. The van der Waals surface area contributed by atoms with Gasteiger partial charge in [-0.1, -0.05) is 6.07 Å². The van der Waals surface area contributed by atoms with E-state index in [0.717, 1.165) is 22.7 Å². The minimum absolute atomic E-state index is 0.261. The number of pyridine rings is 1. The molecule has 1 aliphatic rings. The third kappa shape index (κ3) is 2.61. The van der Waals surface area contributed by atoms with Crippen LogP contribution < -0.4 is 14.8 Å². The van der Waals surface area contributed by atoms with Crippen molar-refractivity contribution in [2.75, 3.05) is 18.7 Å². The maximum Gasteiger partial charge on any atom is 0.231 e. The van der Waals surface area contributed by atoms with Gasteiger partial charge in [0.05, 0.1) is 6.10 Å². The number of hydrogen-bond acceptors (Lipinski definition) is 5. The standard InChI is InChI=1S/C14H14N2O3/c17-12(10-2-1-5-15-7-10)8-16-11-3-4-13-14(6-11)19-9-18-13/h1-7,12,16-17H,8-9H2. The van der Waals surface area contributed by atoms with Gasteiger partial charge < -0.3 is 19.9 Å². The molecule has 0 radical (unpaired) electrons. The molecule has 0 saturated carbocycles. The molecule has 98 valence electrons. The van der Waals surface area contributed by atoms with Crippen LogP contribution in [0.3, 0.4) is 0 Å².